The van der Waals surface area contributed by atoms with Gasteiger partial charge in [-0.1, -0.05) is 56.4 Å². The Hall–Kier alpha value is -4.88. The molecule has 1 saturated heterocycles. The van der Waals surface area contributed by atoms with Gasteiger partial charge in [-0.05, 0) is 109 Å². The molecule has 0 radical (unpaired) electrons. The average Bonchev–Trinajstić information content (AvgIpc) is 3.84. The maximum absolute atomic E-state index is 13.1. The van der Waals surface area contributed by atoms with Crippen molar-refractivity contribution in [2.45, 2.75) is 56.8 Å². The molecule has 3 heterocycles. The van der Waals surface area contributed by atoms with Crippen molar-refractivity contribution in [3.63, 3.8) is 0 Å². The summed E-state index contributed by atoms with van der Waals surface area (Å²) in [6, 6.07) is 12.6. The summed E-state index contributed by atoms with van der Waals surface area (Å²) in [6.45, 7) is 7.86. The number of imide groups is 1. The molecule has 0 spiro atoms. The summed E-state index contributed by atoms with van der Waals surface area (Å²) in [5, 5.41) is 4.86. The van der Waals surface area contributed by atoms with E-state index in [0.717, 1.165) is 64.3 Å². The average molecular weight is 904 g/mol. The molecule has 2 aromatic rings. The Balaban J connectivity index is 1.37. The molecule has 3 aliphatic rings. The number of anilines is 1. The minimum absolute atomic E-state index is 0.00147. The second-order valence-electron chi connectivity index (χ2n) is 15.2. The van der Waals surface area contributed by atoms with Crippen molar-refractivity contribution in [1.29, 1.82) is 0 Å². The number of hydroxylamine groups is 4. The third-order valence-electron chi connectivity index (χ3n) is 11.0. The van der Waals surface area contributed by atoms with Crippen molar-refractivity contribution in [1.82, 2.24) is 15.4 Å². The number of allylic oxidation sites excluding steroid dienone is 8. The molecule has 1 unspecified atom stereocenters. The second kappa shape index (κ2) is 22.5. The van der Waals surface area contributed by atoms with Gasteiger partial charge in [0.1, 0.15) is 0 Å². The standard InChI is InChI=1S/C45H53N5O9S3/c1-44(2)34(27-32(42(53)48(4)58-5)29-46-23-11-25-60-55)30-47-38(44)13-9-7-6-8-10-14-39-45(3,36-28-35(62-57)19-20-37(36)49(39)24-12-26-61-56)33-17-15-31(16-18-33)43(54)59-50-40(51)21-22-41(50)52/h6-10,13-20,27-29,46,55-57H,11-12,21-26,30H2,1-5H3/b7-6+,10-8+,13-9+,32-29+,34-27+,39-14+. The van der Waals surface area contributed by atoms with Crippen LogP contribution in [0.4, 0.5) is 5.69 Å². The Labute approximate surface area is 375 Å². The zero-order valence-electron chi connectivity index (χ0n) is 35.4. The van der Waals surface area contributed by atoms with E-state index < -0.39 is 28.6 Å². The SMILES string of the molecule is CON(C)C(=O)C(/C=C1\CN=C(/C=C/C=C/C=C/C=C2/N(CCCSO)c3ccc(SO)cc3C2(C)c2ccc(C(=O)ON3C(=O)CCC3=O)cc2)C1(C)C)=C/NCCCSO. The number of hydrogen-bond acceptors (Lipinski definition) is 15. The molecule has 1 fully saturated rings. The number of aliphatic imine (C=N–C) groups is 1. The van der Waals surface area contributed by atoms with Gasteiger partial charge in [-0.2, -0.15) is 0 Å². The zero-order chi connectivity index (χ0) is 44.9. The molecule has 14 nitrogen and oxygen atoms in total. The molecule has 0 aromatic heterocycles. The minimum atomic E-state index is -0.818. The summed E-state index contributed by atoms with van der Waals surface area (Å²) in [4.78, 5) is 68.1. The number of benzene rings is 2. The number of amides is 3. The summed E-state index contributed by atoms with van der Waals surface area (Å²) in [5.74, 6) is -1.11. The van der Waals surface area contributed by atoms with Gasteiger partial charge < -0.3 is 28.7 Å². The van der Waals surface area contributed by atoms with Crippen LogP contribution in [-0.2, 0) is 29.5 Å². The summed E-state index contributed by atoms with van der Waals surface area (Å²) >= 11 is 2.23. The van der Waals surface area contributed by atoms with Crippen LogP contribution in [0.3, 0.4) is 0 Å². The molecule has 2 aromatic carbocycles. The number of hydrogen-bond donors (Lipinski definition) is 4. The van der Waals surface area contributed by atoms with Crippen molar-refractivity contribution < 1.29 is 42.5 Å². The smallest absolute Gasteiger partial charge is 0.363 e. The van der Waals surface area contributed by atoms with Crippen LogP contribution in [0.1, 0.15) is 67.9 Å². The van der Waals surface area contributed by atoms with Gasteiger partial charge in [0, 0.05) is 90.1 Å². The van der Waals surface area contributed by atoms with Crippen LogP contribution in [0.25, 0.3) is 0 Å². The van der Waals surface area contributed by atoms with Crippen LogP contribution in [0.2, 0.25) is 0 Å². The lowest BCUT2D eigenvalue weighted by Crippen LogP contribution is -2.32. The first kappa shape index (κ1) is 48.2. The Morgan fingerprint density at radius 1 is 0.935 bits per heavy atom. The van der Waals surface area contributed by atoms with Gasteiger partial charge in [0.05, 0.1) is 30.2 Å². The highest BCUT2D eigenvalue weighted by Crippen LogP contribution is 2.52. The largest absolute Gasteiger partial charge is 0.390 e. The number of fused-ring (bicyclic) bond motifs is 1. The third kappa shape index (κ3) is 11.2. The van der Waals surface area contributed by atoms with E-state index in [2.05, 4.69) is 31.0 Å². The van der Waals surface area contributed by atoms with Crippen LogP contribution in [0.5, 0.6) is 0 Å². The number of rotatable bonds is 20. The third-order valence-corrected chi connectivity index (χ3v) is 12.4. The quantitative estimate of drug-likeness (QED) is 0.0249. The summed E-state index contributed by atoms with van der Waals surface area (Å²) in [5.41, 5.74) is 4.92. The van der Waals surface area contributed by atoms with Crippen LogP contribution < -0.4 is 10.2 Å². The number of carbonyl (C=O) groups excluding carboxylic acids is 4. The highest BCUT2D eigenvalue weighted by molar-refractivity contribution is 7.94. The van der Waals surface area contributed by atoms with Crippen LogP contribution in [0.15, 0.2) is 124 Å². The van der Waals surface area contributed by atoms with Gasteiger partial charge in [-0.3, -0.25) is 24.2 Å². The fraction of sp³-hybridized carbons (Fsp3) is 0.356. The van der Waals surface area contributed by atoms with Crippen molar-refractivity contribution >= 4 is 71.2 Å². The molecule has 0 saturated carbocycles. The highest BCUT2D eigenvalue weighted by Gasteiger charge is 2.45. The van der Waals surface area contributed by atoms with E-state index in [9.17, 15) is 28.3 Å². The summed E-state index contributed by atoms with van der Waals surface area (Å²) in [7, 11) is 2.99. The molecule has 17 heteroatoms. The van der Waals surface area contributed by atoms with E-state index >= 15 is 0 Å². The fourth-order valence-electron chi connectivity index (χ4n) is 7.31. The number of likely N-dealkylation sites (N-methyl/N-ethyl adjacent to an activating group) is 1. The van der Waals surface area contributed by atoms with Gasteiger partial charge in [-0.25, -0.2) is 9.86 Å². The normalized spacial score (nSPS) is 20.1. The van der Waals surface area contributed by atoms with Crippen LogP contribution in [-0.4, -0.2) is 98.5 Å². The molecule has 4 N–H and O–H groups in total. The zero-order valence-corrected chi connectivity index (χ0v) is 37.9. The Bertz CT molecular complexity index is 2180. The first-order chi connectivity index (χ1) is 29.8. The van der Waals surface area contributed by atoms with Crippen molar-refractivity contribution in [2.24, 2.45) is 10.4 Å². The lowest BCUT2D eigenvalue weighted by molar-refractivity contribution is -0.172. The van der Waals surface area contributed by atoms with Gasteiger partial charge in [0.2, 0.25) is 0 Å². The Morgan fingerprint density at radius 3 is 2.29 bits per heavy atom. The van der Waals surface area contributed by atoms with Crippen molar-refractivity contribution in [2.75, 3.05) is 50.2 Å². The molecule has 62 heavy (non-hydrogen) atoms. The van der Waals surface area contributed by atoms with Crippen molar-refractivity contribution in [3.8, 4) is 0 Å². The number of nitrogens with one attached hydrogen (secondary N) is 1. The fourth-order valence-corrected chi connectivity index (χ4v) is 8.14. The molecular formula is C45H53N5O9S3. The van der Waals surface area contributed by atoms with Crippen LogP contribution >= 0.6 is 36.1 Å². The molecule has 1 atom stereocenters. The topological polar surface area (TPSA) is 182 Å². The molecule has 3 aliphatic heterocycles. The van der Waals surface area contributed by atoms with E-state index in [0.29, 0.717) is 65.1 Å². The summed E-state index contributed by atoms with van der Waals surface area (Å²) < 4.78 is 28.6. The molecule has 3 amide bonds. The van der Waals surface area contributed by atoms with E-state index in [4.69, 9.17) is 19.2 Å². The first-order valence-corrected chi connectivity index (χ1v) is 22.7. The maximum Gasteiger partial charge on any atom is 0.363 e. The van der Waals surface area contributed by atoms with E-state index in [-0.39, 0.29) is 24.3 Å². The predicted molar refractivity (Wildman–Crippen MR) is 247 cm³/mol. The predicted octanol–water partition coefficient (Wildman–Crippen LogP) is 8.24. The second-order valence-corrected chi connectivity index (χ2v) is 17.2. The maximum atomic E-state index is 13.1. The molecule has 330 valence electrons. The summed E-state index contributed by atoms with van der Waals surface area (Å²) in [6.07, 6.45) is 18.6. The molecule has 0 bridgehead atoms. The van der Waals surface area contributed by atoms with Gasteiger partial charge >= 0.3 is 5.97 Å². The van der Waals surface area contributed by atoms with Gasteiger partial charge in [0.25, 0.3) is 17.7 Å². The van der Waals surface area contributed by atoms with Crippen LogP contribution in [0, 0.1) is 5.41 Å². The Morgan fingerprint density at radius 2 is 1.61 bits per heavy atom. The molecule has 0 aliphatic carbocycles. The monoisotopic (exact) mass is 903 g/mol. The highest BCUT2D eigenvalue weighted by atomic mass is 32.2. The lowest BCUT2D eigenvalue weighted by Gasteiger charge is -2.31. The van der Waals surface area contributed by atoms with E-state index in [1.165, 1.54) is 12.2 Å². The van der Waals surface area contributed by atoms with E-state index in [1.807, 2.05) is 78.9 Å². The molecular weight excluding hydrogens is 851 g/mol. The lowest BCUT2D eigenvalue weighted by atomic mass is 9.75. The van der Waals surface area contributed by atoms with Gasteiger partial charge in [-0.15, -0.1) is 5.06 Å². The molecule has 5 rings (SSSR count). The van der Waals surface area contributed by atoms with Crippen molar-refractivity contribution in [3.05, 3.63) is 131 Å². The first-order valence-electron chi connectivity index (χ1n) is 20.0. The minimum Gasteiger partial charge on any atom is -0.390 e. The van der Waals surface area contributed by atoms with E-state index in [1.54, 1.807) is 25.4 Å². The Kier molecular flexibility index (Phi) is 17.4. The number of carbonyl (C=O) groups is 4. The van der Waals surface area contributed by atoms with Gasteiger partial charge in [0.15, 0.2) is 0 Å². The number of nitrogens with zero attached hydrogens (tertiary/aromatic N) is 4.